The molecule has 1 aromatic carbocycles. The first kappa shape index (κ1) is 13.6. The second-order valence-corrected chi connectivity index (χ2v) is 4.99. The van der Waals surface area contributed by atoms with Gasteiger partial charge in [-0.05, 0) is 37.0 Å². The molecule has 0 aliphatic carbocycles. The highest BCUT2D eigenvalue weighted by Gasteiger charge is 2.21. The number of hydrogen-bond donors (Lipinski definition) is 2. The van der Waals surface area contributed by atoms with Crippen molar-refractivity contribution < 1.29 is 9.60 Å². The molecular formula is C14H20FN3O. The first-order valence-electron chi connectivity index (χ1n) is 6.68. The molecule has 19 heavy (non-hydrogen) atoms. The van der Waals surface area contributed by atoms with E-state index in [9.17, 15) is 4.39 Å². The van der Waals surface area contributed by atoms with Crippen molar-refractivity contribution in [1.82, 2.24) is 0 Å². The summed E-state index contributed by atoms with van der Waals surface area (Å²) in [5.74, 6) is 0.338. The highest BCUT2D eigenvalue weighted by atomic mass is 19.1. The van der Waals surface area contributed by atoms with Crippen molar-refractivity contribution >= 4 is 11.5 Å². The molecule has 2 rings (SSSR count). The lowest BCUT2D eigenvalue weighted by Gasteiger charge is -2.34. The van der Waals surface area contributed by atoms with Gasteiger partial charge in [0.2, 0.25) is 0 Å². The minimum Gasteiger partial charge on any atom is -0.409 e. The van der Waals surface area contributed by atoms with Gasteiger partial charge in [-0.15, -0.1) is 0 Å². The normalized spacial score (nSPS) is 17.8. The van der Waals surface area contributed by atoms with Gasteiger partial charge in [-0.2, -0.15) is 0 Å². The van der Waals surface area contributed by atoms with Gasteiger partial charge in [0.15, 0.2) is 5.84 Å². The summed E-state index contributed by atoms with van der Waals surface area (Å²) in [6.45, 7) is 4.06. The Hall–Kier alpha value is -1.78. The van der Waals surface area contributed by atoms with Crippen molar-refractivity contribution in [2.75, 3.05) is 18.0 Å². The molecule has 5 heteroatoms. The molecule has 0 saturated carbocycles. The predicted molar refractivity (Wildman–Crippen MR) is 74.1 cm³/mol. The smallest absolute Gasteiger partial charge is 0.172 e. The maximum absolute atomic E-state index is 13.3. The van der Waals surface area contributed by atoms with Crippen LogP contribution in [0.4, 0.5) is 10.1 Å². The molecule has 0 radical (unpaired) electrons. The van der Waals surface area contributed by atoms with Crippen molar-refractivity contribution in [1.29, 1.82) is 0 Å². The van der Waals surface area contributed by atoms with E-state index in [2.05, 4.69) is 17.0 Å². The molecule has 0 aromatic heterocycles. The van der Waals surface area contributed by atoms with Crippen LogP contribution in [0, 0.1) is 11.7 Å². The number of rotatable bonds is 3. The molecule has 104 valence electrons. The predicted octanol–water partition coefficient (Wildman–Crippen LogP) is 2.55. The van der Waals surface area contributed by atoms with Crippen LogP contribution < -0.4 is 10.6 Å². The lowest BCUT2D eigenvalue weighted by Crippen LogP contribution is -2.35. The Kier molecular flexibility index (Phi) is 4.24. The minimum absolute atomic E-state index is 0.0490. The second-order valence-electron chi connectivity index (χ2n) is 4.99. The van der Waals surface area contributed by atoms with E-state index in [4.69, 9.17) is 10.9 Å². The summed E-state index contributed by atoms with van der Waals surface area (Å²) in [6, 6.07) is 4.43. The third kappa shape index (κ3) is 2.97. The Morgan fingerprint density at radius 3 is 2.74 bits per heavy atom. The number of piperidine rings is 1. The summed E-state index contributed by atoms with van der Waals surface area (Å²) < 4.78 is 13.3. The Labute approximate surface area is 112 Å². The van der Waals surface area contributed by atoms with Crippen LogP contribution in [-0.2, 0) is 0 Å². The SMILES string of the molecule is CCC1CCN(c2ccc(F)cc2/C(N)=N/O)CC1. The lowest BCUT2D eigenvalue weighted by molar-refractivity contribution is 0.318. The molecule has 0 bridgehead atoms. The maximum Gasteiger partial charge on any atom is 0.172 e. The molecule has 0 atom stereocenters. The Morgan fingerprint density at radius 1 is 1.47 bits per heavy atom. The van der Waals surface area contributed by atoms with Crippen molar-refractivity contribution in [3.05, 3.63) is 29.6 Å². The first-order valence-corrected chi connectivity index (χ1v) is 6.68. The largest absolute Gasteiger partial charge is 0.409 e. The van der Waals surface area contributed by atoms with Gasteiger partial charge in [-0.3, -0.25) is 0 Å². The fourth-order valence-corrected chi connectivity index (χ4v) is 2.63. The number of nitrogens with zero attached hydrogens (tertiary/aromatic N) is 2. The summed E-state index contributed by atoms with van der Waals surface area (Å²) in [6.07, 6.45) is 3.46. The van der Waals surface area contributed by atoms with Crippen molar-refractivity contribution in [3.8, 4) is 0 Å². The zero-order chi connectivity index (χ0) is 13.8. The molecule has 0 unspecified atom stereocenters. The summed E-state index contributed by atoms with van der Waals surface area (Å²) in [5, 5.41) is 11.8. The topological polar surface area (TPSA) is 61.8 Å². The van der Waals surface area contributed by atoms with Crippen LogP contribution >= 0.6 is 0 Å². The van der Waals surface area contributed by atoms with Gasteiger partial charge in [-0.1, -0.05) is 18.5 Å². The molecule has 1 aliphatic rings. The van der Waals surface area contributed by atoms with Gasteiger partial charge in [-0.25, -0.2) is 4.39 Å². The highest BCUT2D eigenvalue weighted by Crippen LogP contribution is 2.28. The fourth-order valence-electron chi connectivity index (χ4n) is 2.63. The van der Waals surface area contributed by atoms with Crippen LogP contribution in [0.5, 0.6) is 0 Å². The Bertz CT molecular complexity index is 468. The number of amidine groups is 1. The third-order valence-corrected chi connectivity index (χ3v) is 3.87. The number of oxime groups is 1. The number of anilines is 1. The second kappa shape index (κ2) is 5.91. The average molecular weight is 265 g/mol. The van der Waals surface area contributed by atoms with Gasteiger partial charge in [0.05, 0.1) is 0 Å². The van der Waals surface area contributed by atoms with Crippen LogP contribution in [0.1, 0.15) is 31.7 Å². The lowest BCUT2D eigenvalue weighted by atomic mass is 9.93. The summed E-state index contributed by atoms with van der Waals surface area (Å²) in [5.41, 5.74) is 6.93. The Balaban J connectivity index is 2.25. The van der Waals surface area contributed by atoms with Gasteiger partial charge in [0.25, 0.3) is 0 Å². The van der Waals surface area contributed by atoms with Crippen LogP contribution in [0.3, 0.4) is 0 Å². The fraction of sp³-hybridized carbons (Fsp3) is 0.500. The van der Waals surface area contributed by atoms with Gasteiger partial charge >= 0.3 is 0 Å². The molecule has 0 spiro atoms. The molecule has 1 fully saturated rings. The van der Waals surface area contributed by atoms with E-state index in [-0.39, 0.29) is 11.7 Å². The molecule has 1 aliphatic heterocycles. The number of hydrogen-bond acceptors (Lipinski definition) is 3. The number of halogens is 1. The summed E-state index contributed by atoms with van der Waals surface area (Å²) >= 11 is 0. The van der Waals surface area contributed by atoms with Crippen LogP contribution in [0.2, 0.25) is 0 Å². The molecular weight excluding hydrogens is 245 g/mol. The summed E-state index contributed by atoms with van der Waals surface area (Å²) in [7, 11) is 0. The molecule has 1 saturated heterocycles. The van der Waals surface area contributed by atoms with Crippen LogP contribution in [0.15, 0.2) is 23.4 Å². The quantitative estimate of drug-likeness (QED) is 0.382. The van der Waals surface area contributed by atoms with Gasteiger partial charge in [0, 0.05) is 24.3 Å². The monoisotopic (exact) mass is 265 g/mol. The maximum atomic E-state index is 13.3. The van der Waals surface area contributed by atoms with E-state index >= 15 is 0 Å². The number of nitrogens with two attached hydrogens (primary N) is 1. The average Bonchev–Trinajstić information content (AvgIpc) is 2.46. The van der Waals surface area contributed by atoms with E-state index < -0.39 is 0 Å². The van der Waals surface area contributed by atoms with E-state index in [0.717, 1.165) is 37.5 Å². The molecule has 1 heterocycles. The zero-order valence-electron chi connectivity index (χ0n) is 11.1. The highest BCUT2D eigenvalue weighted by molar-refractivity contribution is 6.02. The van der Waals surface area contributed by atoms with E-state index in [1.807, 2.05) is 0 Å². The van der Waals surface area contributed by atoms with Crippen molar-refractivity contribution in [2.24, 2.45) is 16.8 Å². The minimum atomic E-state index is -0.381. The van der Waals surface area contributed by atoms with Crippen LogP contribution in [-0.4, -0.2) is 24.1 Å². The summed E-state index contributed by atoms with van der Waals surface area (Å²) in [4.78, 5) is 2.18. The van der Waals surface area contributed by atoms with Crippen molar-refractivity contribution in [3.63, 3.8) is 0 Å². The molecule has 1 aromatic rings. The Morgan fingerprint density at radius 2 is 2.16 bits per heavy atom. The molecule has 3 N–H and O–H groups in total. The first-order chi connectivity index (χ1) is 9.15. The van der Waals surface area contributed by atoms with E-state index in [1.54, 1.807) is 6.07 Å². The molecule has 0 amide bonds. The van der Waals surface area contributed by atoms with Crippen LogP contribution in [0.25, 0.3) is 0 Å². The number of benzene rings is 1. The standard InChI is InChI=1S/C14H20FN3O/c1-2-10-5-7-18(8-6-10)13-4-3-11(15)9-12(13)14(16)17-19/h3-4,9-10,19H,2,5-8H2,1H3,(H2,16,17). The molecule has 4 nitrogen and oxygen atoms in total. The van der Waals surface area contributed by atoms with E-state index in [0.29, 0.717) is 5.56 Å². The van der Waals surface area contributed by atoms with Crippen molar-refractivity contribution in [2.45, 2.75) is 26.2 Å². The van der Waals surface area contributed by atoms with E-state index in [1.165, 1.54) is 18.6 Å². The van der Waals surface area contributed by atoms with Gasteiger partial charge in [0.1, 0.15) is 5.82 Å². The van der Waals surface area contributed by atoms with Gasteiger partial charge < -0.3 is 15.8 Å². The zero-order valence-corrected chi connectivity index (χ0v) is 11.1. The third-order valence-electron chi connectivity index (χ3n) is 3.87.